The molecule has 0 spiro atoms. The number of rotatable bonds is 9. The smallest absolute Gasteiger partial charge is 0.303 e. The van der Waals surface area contributed by atoms with Gasteiger partial charge in [-0.3, -0.25) is 14.5 Å². The van der Waals surface area contributed by atoms with E-state index in [4.69, 9.17) is 9.84 Å². The van der Waals surface area contributed by atoms with Crippen molar-refractivity contribution in [3.8, 4) is 0 Å². The third-order valence-electron chi connectivity index (χ3n) is 2.55. The first-order valence-corrected chi connectivity index (χ1v) is 5.65. The van der Waals surface area contributed by atoms with Crippen molar-refractivity contribution in [1.82, 2.24) is 10.2 Å². The fraction of sp³-hybridized carbons (Fsp3) is 0.818. The fourth-order valence-electron chi connectivity index (χ4n) is 1.28. The lowest BCUT2D eigenvalue weighted by molar-refractivity contribution is -0.137. The monoisotopic (exact) mass is 246 g/mol. The Kier molecular flexibility index (Phi) is 8.35. The van der Waals surface area contributed by atoms with E-state index < -0.39 is 5.97 Å². The van der Waals surface area contributed by atoms with Crippen LogP contribution in [0.3, 0.4) is 0 Å². The first-order valence-electron chi connectivity index (χ1n) is 5.65. The second kappa shape index (κ2) is 8.95. The molecule has 6 heteroatoms. The zero-order valence-electron chi connectivity index (χ0n) is 10.7. The van der Waals surface area contributed by atoms with Crippen LogP contribution in [0.25, 0.3) is 0 Å². The Hall–Kier alpha value is -1.14. The van der Waals surface area contributed by atoms with E-state index in [9.17, 15) is 9.59 Å². The maximum Gasteiger partial charge on any atom is 0.303 e. The molecule has 1 unspecified atom stereocenters. The highest BCUT2D eigenvalue weighted by Gasteiger charge is 2.13. The van der Waals surface area contributed by atoms with E-state index in [1.54, 1.807) is 7.11 Å². The van der Waals surface area contributed by atoms with Crippen LogP contribution in [0.2, 0.25) is 0 Å². The minimum atomic E-state index is -0.810. The zero-order chi connectivity index (χ0) is 13.3. The van der Waals surface area contributed by atoms with Crippen LogP contribution in [0.4, 0.5) is 0 Å². The zero-order valence-corrected chi connectivity index (χ0v) is 10.7. The number of ether oxygens (including phenoxy) is 1. The maximum atomic E-state index is 11.4. The lowest BCUT2D eigenvalue weighted by Gasteiger charge is -2.23. The predicted molar refractivity (Wildman–Crippen MR) is 63.8 cm³/mol. The molecule has 0 radical (unpaired) electrons. The summed E-state index contributed by atoms with van der Waals surface area (Å²) in [5, 5.41) is 11.3. The van der Waals surface area contributed by atoms with Crippen molar-refractivity contribution in [1.29, 1.82) is 0 Å². The molecular weight excluding hydrogens is 224 g/mol. The van der Waals surface area contributed by atoms with Gasteiger partial charge in [-0.1, -0.05) is 0 Å². The molecular formula is C11H22N2O4. The number of carboxylic acids is 1. The van der Waals surface area contributed by atoms with Crippen LogP contribution >= 0.6 is 0 Å². The molecule has 0 saturated carbocycles. The van der Waals surface area contributed by atoms with Crippen molar-refractivity contribution in [3.63, 3.8) is 0 Å². The molecule has 0 bridgehead atoms. The highest BCUT2D eigenvalue weighted by molar-refractivity contribution is 5.78. The van der Waals surface area contributed by atoms with Crippen LogP contribution in [0.15, 0.2) is 0 Å². The molecule has 0 aliphatic carbocycles. The topological polar surface area (TPSA) is 78.9 Å². The van der Waals surface area contributed by atoms with Crippen LogP contribution in [-0.4, -0.2) is 61.8 Å². The first-order chi connectivity index (χ1) is 7.97. The summed E-state index contributed by atoms with van der Waals surface area (Å²) in [4.78, 5) is 23.7. The molecule has 0 fully saturated rings. The number of amides is 1. The third kappa shape index (κ3) is 8.65. The van der Waals surface area contributed by atoms with E-state index in [-0.39, 0.29) is 24.9 Å². The summed E-state index contributed by atoms with van der Waals surface area (Å²) < 4.78 is 4.82. The van der Waals surface area contributed by atoms with Gasteiger partial charge >= 0.3 is 5.97 Å². The Morgan fingerprint density at radius 3 is 2.65 bits per heavy atom. The SMILES string of the molecule is COCCNC(=O)CN(C)C(C)CCC(=O)O. The van der Waals surface area contributed by atoms with Crippen LogP contribution in [0.5, 0.6) is 0 Å². The van der Waals surface area contributed by atoms with Gasteiger partial charge in [0, 0.05) is 26.1 Å². The number of methoxy groups -OCH3 is 1. The highest BCUT2D eigenvalue weighted by atomic mass is 16.5. The van der Waals surface area contributed by atoms with Crippen LogP contribution < -0.4 is 5.32 Å². The minimum Gasteiger partial charge on any atom is -0.481 e. The number of nitrogens with one attached hydrogen (secondary N) is 1. The van der Waals surface area contributed by atoms with Gasteiger partial charge in [0.15, 0.2) is 0 Å². The molecule has 0 rings (SSSR count). The number of nitrogens with zero attached hydrogens (tertiary/aromatic N) is 1. The van der Waals surface area contributed by atoms with E-state index in [1.165, 1.54) is 0 Å². The third-order valence-corrected chi connectivity index (χ3v) is 2.55. The van der Waals surface area contributed by atoms with Crippen molar-refractivity contribution >= 4 is 11.9 Å². The summed E-state index contributed by atoms with van der Waals surface area (Å²) in [6.07, 6.45) is 0.661. The van der Waals surface area contributed by atoms with Gasteiger partial charge in [0.05, 0.1) is 13.2 Å². The Morgan fingerprint density at radius 1 is 1.47 bits per heavy atom. The van der Waals surface area contributed by atoms with Crippen molar-refractivity contribution in [3.05, 3.63) is 0 Å². The molecule has 0 aliphatic rings. The second-order valence-electron chi connectivity index (χ2n) is 4.04. The molecule has 0 aliphatic heterocycles. The lowest BCUT2D eigenvalue weighted by atomic mass is 10.1. The average molecular weight is 246 g/mol. The summed E-state index contributed by atoms with van der Waals surface area (Å²) in [6, 6.07) is 0.0688. The van der Waals surface area contributed by atoms with Gasteiger partial charge in [0.2, 0.25) is 5.91 Å². The molecule has 0 aromatic heterocycles. The Bertz CT molecular complexity index is 246. The molecule has 17 heavy (non-hydrogen) atoms. The number of hydrogen-bond acceptors (Lipinski definition) is 4. The average Bonchev–Trinajstić information content (AvgIpc) is 2.26. The summed E-state index contributed by atoms with van der Waals surface area (Å²) in [5.74, 6) is -0.887. The Balaban J connectivity index is 3.78. The van der Waals surface area contributed by atoms with E-state index in [1.807, 2.05) is 18.9 Å². The van der Waals surface area contributed by atoms with Crippen LogP contribution in [-0.2, 0) is 14.3 Å². The van der Waals surface area contributed by atoms with Gasteiger partial charge in [-0.2, -0.15) is 0 Å². The van der Waals surface area contributed by atoms with E-state index in [0.29, 0.717) is 19.6 Å². The predicted octanol–water partition coefficient (Wildman–Crippen LogP) is -0.0659. The quantitative estimate of drug-likeness (QED) is 0.557. The van der Waals surface area contributed by atoms with E-state index in [0.717, 1.165) is 0 Å². The summed E-state index contributed by atoms with van der Waals surface area (Å²) >= 11 is 0. The number of hydrogen-bond donors (Lipinski definition) is 2. The molecule has 100 valence electrons. The largest absolute Gasteiger partial charge is 0.481 e. The molecule has 0 aromatic carbocycles. The van der Waals surface area contributed by atoms with E-state index in [2.05, 4.69) is 5.32 Å². The summed E-state index contributed by atoms with van der Waals surface area (Å²) in [7, 11) is 3.38. The van der Waals surface area contributed by atoms with Crippen molar-refractivity contribution in [2.45, 2.75) is 25.8 Å². The number of aliphatic carboxylic acids is 1. The molecule has 0 saturated heterocycles. The Morgan fingerprint density at radius 2 is 2.12 bits per heavy atom. The Labute approximate surface area is 102 Å². The highest BCUT2D eigenvalue weighted by Crippen LogP contribution is 2.03. The molecule has 2 N–H and O–H groups in total. The van der Waals surface area contributed by atoms with Gasteiger partial charge in [-0.05, 0) is 20.4 Å². The summed E-state index contributed by atoms with van der Waals surface area (Å²) in [6.45, 7) is 3.16. The van der Waals surface area contributed by atoms with Crippen LogP contribution in [0, 0.1) is 0 Å². The molecule has 0 aromatic rings. The number of carbonyl (C=O) groups excluding carboxylic acids is 1. The first kappa shape index (κ1) is 15.9. The van der Waals surface area contributed by atoms with Crippen LogP contribution in [0.1, 0.15) is 19.8 Å². The molecule has 1 atom stereocenters. The van der Waals surface area contributed by atoms with Gasteiger partial charge in [0.25, 0.3) is 0 Å². The summed E-state index contributed by atoms with van der Waals surface area (Å²) in [5.41, 5.74) is 0. The normalized spacial score (nSPS) is 12.5. The van der Waals surface area contributed by atoms with Gasteiger partial charge < -0.3 is 15.2 Å². The van der Waals surface area contributed by atoms with Crippen molar-refractivity contribution in [2.75, 3.05) is 33.9 Å². The number of carboxylic acid groups (broad SMARTS) is 1. The maximum absolute atomic E-state index is 11.4. The van der Waals surface area contributed by atoms with Gasteiger partial charge in [-0.25, -0.2) is 0 Å². The van der Waals surface area contributed by atoms with Gasteiger partial charge in [0.1, 0.15) is 0 Å². The molecule has 1 amide bonds. The molecule has 6 nitrogen and oxygen atoms in total. The van der Waals surface area contributed by atoms with Crippen molar-refractivity contribution < 1.29 is 19.4 Å². The lowest BCUT2D eigenvalue weighted by Crippen LogP contribution is -2.40. The molecule has 0 heterocycles. The second-order valence-corrected chi connectivity index (χ2v) is 4.04. The fourth-order valence-corrected chi connectivity index (χ4v) is 1.28. The van der Waals surface area contributed by atoms with E-state index >= 15 is 0 Å². The van der Waals surface area contributed by atoms with Gasteiger partial charge in [-0.15, -0.1) is 0 Å². The number of likely N-dealkylation sites (N-methyl/N-ethyl adjacent to an activating group) is 1. The minimum absolute atomic E-state index is 0.0688. The van der Waals surface area contributed by atoms with Crippen molar-refractivity contribution in [2.24, 2.45) is 0 Å². The number of carbonyl (C=O) groups is 2. The standard InChI is InChI=1S/C11H22N2O4/c1-9(4-5-11(15)16)13(2)8-10(14)12-6-7-17-3/h9H,4-8H2,1-3H3,(H,12,14)(H,15,16).